The maximum atomic E-state index is 12.6. The first-order chi connectivity index (χ1) is 11.5. The molecule has 0 unspecified atom stereocenters. The minimum atomic E-state index is -0.411. The van der Waals surface area contributed by atoms with Crippen LogP contribution in [0.15, 0.2) is 42.7 Å². The van der Waals surface area contributed by atoms with Gasteiger partial charge in [0.15, 0.2) is 5.82 Å². The summed E-state index contributed by atoms with van der Waals surface area (Å²) in [5.41, 5.74) is 4.12. The highest BCUT2D eigenvalue weighted by Crippen LogP contribution is 2.27. The summed E-state index contributed by atoms with van der Waals surface area (Å²) in [5.74, 6) is 0.869. The van der Waals surface area contributed by atoms with Gasteiger partial charge in [-0.3, -0.25) is 0 Å². The number of nitrogens with zero attached hydrogens (tertiary/aromatic N) is 3. The van der Waals surface area contributed by atoms with Crippen LogP contribution in [-0.4, -0.2) is 20.7 Å². The maximum absolute atomic E-state index is 12.6. The number of carbonyl (C=O) groups is 1. The third-order valence-electron chi connectivity index (χ3n) is 4.16. The number of esters is 1. The Morgan fingerprint density at radius 3 is 2.50 bits per heavy atom. The molecule has 122 valence electrons. The van der Waals surface area contributed by atoms with Crippen LogP contribution < -0.4 is 4.74 Å². The van der Waals surface area contributed by atoms with Gasteiger partial charge in [0.05, 0.1) is 11.9 Å². The molecule has 0 aliphatic heterocycles. The van der Waals surface area contributed by atoms with Gasteiger partial charge in [-0.15, -0.1) is 0 Å². The molecule has 0 fully saturated rings. The lowest BCUT2D eigenvalue weighted by Gasteiger charge is -2.12. The molecule has 3 aromatic rings. The number of ether oxygens (including phenoxy) is 1. The summed E-state index contributed by atoms with van der Waals surface area (Å²) in [5, 5.41) is 4.26. The van der Waals surface area contributed by atoms with Gasteiger partial charge in [-0.1, -0.05) is 18.2 Å². The van der Waals surface area contributed by atoms with Gasteiger partial charge in [-0.05, 0) is 56.5 Å². The molecule has 0 bridgehead atoms. The molecule has 0 aliphatic rings. The van der Waals surface area contributed by atoms with Crippen molar-refractivity contribution in [3.63, 3.8) is 0 Å². The van der Waals surface area contributed by atoms with Gasteiger partial charge in [0.25, 0.3) is 0 Å². The molecule has 0 spiro atoms. The summed E-state index contributed by atoms with van der Waals surface area (Å²) in [4.78, 5) is 16.9. The zero-order valence-electron chi connectivity index (χ0n) is 14.2. The Hall–Kier alpha value is -2.95. The second kappa shape index (κ2) is 6.28. The van der Waals surface area contributed by atoms with Crippen molar-refractivity contribution in [1.29, 1.82) is 0 Å². The lowest BCUT2D eigenvalue weighted by atomic mass is 10.1. The van der Waals surface area contributed by atoms with Gasteiger partial charge in [0, 0.05) is 6.20 Å². The van der Waals surface area contributed by atoms with E-state index in [0.29, 0.717) is 22.8 Å². The number of benzene rings is 1. The van der Waals surface area contributed by atoms with E-state index in [2.05, 4.69) is 10.1 Å². The first kappa shape index (κ1) is 15.9. The Kier molecular flexibility index (Phi) is 4.16. The summed E-state index contributed by atoms with van der Waals surface area (Å²) in [7, 11) is 0. The van der Waals surface area contributed by atoms with E-state index in [-0.39, 0.29) is 0 Å². The van der Waals surface area contributed by atoms with Gasteiger partial charge in [-0.2, -0.15) is 5.10 Å². The van der Waals surface area contributed by atoms with Crippen molar-refractivity contribution in [3.8, 4) is 11.6 Å². The highest BCUT2D eigenvalue weighted by Gasteiger charge is 2.19. The predicted molar refractivity (Wildman–Crippen MR) is 91.7 cm³/mol. The van der Waals surface area contributed by atoms with E-state index in [9.17, 15) is 4.79 Å². The molecule has 1 aromatic carbocycles. The number of pyridine rings is 1. The van der Waals surface area contributed by atoms with Crippen LogP contribution in [0.25, 0.3) is 5.82 Å². The van der Waals surface area contributed by atoms with Crippen LogP contribution in [0.1, 0.15) is 32.7 Å². The number of hydrogen-bond donors (Lipinski definition) is 0. The molecule has 0 saturated carbocycles. The zero-order chi connectivity index (χ0) is 17.3. The molecule has 0 atom stereocenters. The summed E-state index contributed by atoms with van der Waals surface area (Å²) >= 11 is 0. The van der Waals surface area contributed by atoms with E-state index in [0.717, 1.165) is 16.7 Å². The van der Waals surface area contributed by atoms with E-state index in [4.69, 9.17) is 4.74 Å². The van der Waals surface area contributed by atoms with Crippen LogP contribution >= 0.6 is 0 Å². The summed E-state index contributed by atoms with van der Waals surface area (Å²) in [6.07, 6.45) is 3.21. The van der Waals surface area contributed by atoms with Crippen molar-refractivity contribution in [2.45, 2.75) is 27.7 Å². The van der Waals surface area contributed by atoms with Crippen molar-refractivity contribution in [2.75, 3.05) is 0 Å². The van der Waals surface area contributed by atoms with Crippen LogP contribution in [0, 0.1) is 27.7 Å². The molecule has 5 heteroatoms. The summed E-state index contributed by atoms with van der Waals surface area (Å²) < 4.78 is 7.29. The Bertz CT molecular complexity index is 898. The molecule has 3 rings (SSSR count). The van der Waals surface area contributed by atoms with E-state index in [1.54, 1.807) is 10.9 Å². The predicted octanol–water partition coefficient (Wildman–Crippen LogP) is 3.72. The lowest BCUT2D eigenvalue weighted by molar-refractivity contribution is 0.0731. The Labute approximate surface area is 140 Å². The van der Waals surface area contributed by atoms with Gasteiger partial charge >= 0.3 is 5.97 Å². The molecule has 0 aliphatic carbocycles. The second-order valence-electron chi connectivity index (χ2n) is 5.79. The van der Waals surface area contributed by atoms with Crippen LogP contribution in [0.2, 0.25) is 0 Å². The number of aromatic nitrogens is 3. The standard InChI is InChI=1S/C19H19N3O2/c1-12-8-9-13(2)18(14(12)3)24-19(23)16-11-21-22(15(16)4)17-7-5-6-10-20-17/h5-11H,1-4H3. The third kappa shape index (κ3) is 2.80. The van der Waals surface area contributed by atoms with Crippen molar-refractivity contribution in [3.05, 3.63) is 70.7 Å². The van der Waals surface area contributed by atoms with Crippen LogP contribution in [0.4, 0.5) is 0 Å². The fraction of sp³-hybridized carbons (Fsp3) is 0.211. The highest BCUT2D eigenvalue weighted by molar-refractivity contribution is 5.92. The Morgan fingerprint density at radius 1 is 1.04 bits per heavy atom. The van der Waals surface area contributed by atoms with Crippen molar-refractivity contribution in [2.24, 2.45) is 0 Å². The molecular formula is C19H19N3O2. The molecule has 0 saturated heterocycles. The summed E-state index contributed by atoms with van der Waals surface area (Å²) in [6, 6.07) is 9.52. The zero-order valence-corrected chi connectivity index (χ0v) is 14.2. The van der Waals surface area contributed by atoms with Crippen LogP contribution in [0.3, 0.4) is 0 Å². The van der Waals surface area contributed by atoms with Gasteiger partial charge in [0.2, 0.25) is 0 Å². The van der Waals surface area contributed by atoms with Crippen LogP contribution in [-0.2, 0) is 0 Å². The molecule has 2 heterocycles. The SMILES string of the molecule is Cc1ccc(C)c(OC(=O)c2cnn(-c3ccccn3)c2C)c1C. The molecule has 2 aromatic heterocycles. The average molecular weight is 321 g/mol. The first-order valence-electron chi connectivity index (χ1n) is 7.74. The molecule has 0 radical (unpaired) electrons. The van der Waals surface area contributed by atoms with Gasteiger partial charge in [0.1, 0.15) is 11.3 Å². The van der Waals surface area contributed by atoms with Gasteiger partial charge in [-0.25, -0.2) is 14.5 Å². The average Bonchev–Trinajstić information content (AvgIpc) is 2.97. The minimum absolute atomic E-state index is 0.411. The number of aryl methyl sites for hydroxylation is 2. The largest absolute Gasteiger partial charge is 0.422 e. The number of carbonyl (C=O) groups excluding carboxylic acids is 1. The number of hydrogen-bond acceptors (Lipinski definition) is 4. The monoisotopic (exact) mass is 321 g/mol. The third-order valence-corrected chi connectivity index (χ3v) is 4.16. The Morgan fingerprint density at radius 2 is 1.79 bits per heavy atom. The molecule has 5 nitrogen and oxygen atoms in total. The van der Waals surface area contributed by atoms with E-state index in [1.807, 2.05) is 58.0 Å². The topological polar surface area (TPSA) is 57.0 Å². The first-order valence-corrected chi connectivity index (χ1v) is 7.74. The van der Waals surface area contributed by atoms with Crippen molar-refractivity contribution >= 4 is 5.97 Å². The quantitative estimate of drug-likeness (QED) is 0.545. The minimum Gasteiger partial charge on any atom is -0.422 e. The highest BCUT2D eigenvalue weighted by atomic mass is 16.5. The fourth-order valence-corrected chi connectivity index (χ4v) is 2.55. The van der Waals surface area contributed by atoms with E-state index < -0.39 is 5.97 Å². The van der Waals surface area contributed by atoms with Gasteiger partial charge < -0.3 is 4.74 Å². The van der Waals surface area contributed by atoms with E-state index in [1.165, 1.54) is 6.20 Å². The number of rotatable bonds is 3. The second-order valence-corrected chi connectivity index (χ2v) is 5.79. The molecule has 0 amide bonds. The normalized spacial score (nSPS) is 10.7. The Balaban J connectivity index is 1.93. The lowest BCUT2D eigenvalue weighted by Crippen LogP contribution is -2.12. The smallest absolute Gasteiger partial charge is 0.347 e. The van der Waals surface area contributed by atoms with Crippen molar-refractivity contribution in [1.82, 2.24) is 14.8 Å². The molecule has 24 heavy (non-hydrogen) atoms. The summed E-state index contributed by atoms with van der Waals surface area (Å²) in [6.45, 7) is 7.71. The fourth-order valence-electron chi connectivity index (χ4n) is 2.55. The molecular weight excluding hydrogens is 302 g/mol. The van der Waals surface area contributed by atoms with Crippen molar-refractivity contribution < 1.29 is 9.53 Å². The maximum Gasteiger partial charge on any atom is 0.347 e. The van der Waals surface area contributed by atoms with Crippen LogP contribution in [0.5, 0.6) is 5.75 Å². The van der Waals surface area contributed by atoms with E-state index >= 15 is 0 Å². The molecule has 0 N–H and O–H groups in total.